The first kappa shape index (κ1) is 60.5. The summed E-state index contributed by atoms with van der Waals surface area (Å²) >= 11 is 0. The summed E-state index contributed by atoms with van der Waals surface area (Å²) in [7, 11) is 0. The Labute approximate surface area is 415 Å². The zero-order valence-corrected chi connectivity index (χ0v) is 41.4. The van der Waals surface area contributed by atoms with Crippen molar-refractivity contribution in [2.24, 2.45) is 50.5 Å². The lowest BCUT2D eigenvalue weighted by Gasteiger charge is -2.29. The Morgan fingerprint density at radius 3 is 1.63 bits per heavy atom. The first-order valence-corrected chi connectivity index (χ1v) is 24.2. The monoisotopic (exact) mass is 1000 g/mol. The SMILES string of the molecule is CC(C)C[C@H](NC(=O)[C@H](Cc1ccccc1)NC(=O)[C@H](CO)NC(=O)[C@H](CCCN=C(N)N)NC(=O)[C@@H]1CCCN1)C(=O)N[C@H](C(=O)N[C@@H](CCCN=C(N)N)C(=O)N[C@@H](CCCCN)C(=O)O)C(C)C. The van der Waals surface area contributed by atoms with Gasteiger partial charge >= 0.3 is 5.97 Å². The molecule has 1 saturated heterocycles. The number of carbonyl (C=O) groups excluding carboxylic acids is 7. The predicted molar refractivity (Wildman–Crippen MR) is 266 cm³/mol. The van der Waals surface area contributed by atoms with Gasteiger partial charge in [-0.15, -0.1) is 0 Å². The molecular weight excluding hydrogens is 923 g/mol. The van der Waals surface area contributed by atoms with Crippen molar-refractivity contribution in [2.75, 3.05) is 32.8 Å². The maximum atomic E-state index is 14.3. The summed E-state index contributed by atoms with van der Waals surface area (Å²) in [6, 6.07) is -1.02. The molecule has 1 aliphatic heterocycles. The third-order valence-corrected chi connectivity index (χ3v) is 11.4. The van der Waals surface area contributed by atoms with Crippen LogP contribution >= 0.6 is 0 Å². The summed E-state index contributed by atoms with van der Waals surface area (Å²) in [6.45, 7) is 7.26. The van der Waals surface area contributed by atoms with Gasteiger partial charge in [0.1, 0.15) is 42.3 Å². The van der Waals surface area contributed by atoms with Gasteiger partial charge in [0.05, 0.1) is 12.6 Å². The molecule has 0 bridgehead atoms. The lowest BCUT2D eigenvalue weighted by atomic mass is 9.98. The van der Waals surface area contributed by atoms with Crippen LogP contribution in [0.1, 0.15) is 97.5 Å². The third kappa shape index (κ3) is 23.2. The molecule has 25 heteroatoms. The molecular formula is C46H79N15O10. The number of aliphatic carboxylic acids is 1. The number of guanidine groups is 2. The number of carbonyl (C=O) groups is 8. The summed E-state index contributed by atoms with van der Waals surface area (Å²) in [5, 5.41) is 41.6. The number of aliphatic hydroxyl groups is 1. The van der Waals surface area contributed by atoms with Gasteiger partial charge in [-0.2, -0.15) is 0 Å². The molecule has 8 atom stereocenters. The highest BCUT2D eigenvalue weighted by Gasteiger charge is 2.36. The van der Waals surface area contributed by atoms with Crippen LogP contribution in [0.2, 0.25) is 0 Å². The number of carboxylic acid groups (broad SMARTS) is 1. The van der Waals surface area contributed by atoms with Gasteiger partial charge in [0.2, 0.25) is 41.4 Å². The van der Waals surface area contributed by atoms with Gasteiger partial charge in [-0.3, -0.25) is 43.5 Å². The van der Waals surface area contributed by atoms with Crippen LogP contribution in [0, 0.1) is 11.8 Å². The fourth-order valence-electron chi connectivity index (χ4n) is 7.57. The van der Waals surface area contributed by atoms with E-state index >= 15 is 0 Å². The highest BCUT2D eigenvalue weighted by Crippen LogP contribution is 2.13. The van der Waals surface area contributed by atoms with E-state index in [1.54, 1.807) is 44.2 Å². The van der Waals surface area contributed by atoms with Crippen molar-refractivity contribution in [3.05, 3.63) is 35.9 Å². The molecule has 398 valence electrons. The second-order valence-corrected chi connectivity index (χ2v) is 18.3. The van der Waals surface area contributed by atoms with E-state index in [1.807, 2.05) is 13.8 Å². The molecule has 7 amide bonds. The van der Waals surface area contributed by atoms with Gasteiger partial charge in [-0.05, 0) is 94.7 Å². The molecule has 0 saturated carbocycles. The van der Waals surface area contributed by atoms with E-state index < -0.39 is 108 Å². The van der Waals surface area contributed by atoms with Crippen LogP contribution in [0.3, 0.4) is 0 Å². The fourth-order valence-corrected chi connectivity index (χ4v) is 7.57. The number of aliphatic imine (C=N–C) groups is 2. The van der Waals surface area contributed by atoms with Crippen LogP contribution in [0.25, 0.3) is 0 Å². The molecule has 0 radical (unpaired) electrons. The van der Waals surface area contributed by atoms with E-state index in [0.29, 0.717) is 37.9 Å². The highest BCUT2D eigenvalue weighted by molar-refractivity contribution is 5.98. The Morgan fingerprint density at radius 1 is 0.634 bits per heavy atom. The van der Waals surface area contributed by atoms with Crippen molar-refractivity contribution in [1.82, 2.24) is 42.5 Å². The van der Waals surface area contributed by atoms with Gasteiger partial charge in [-0.1, -0.05) is 58.0 Å². The molecule has 0 aliphatic carbocycles. The standard InChI is InChI=1S/C46H79N15O10/c1-26(2)23-33(41(67)61-36(27(3)4)43(69)56-31(18-12-22-54-46(50)51)38(64)57-32(44(70)71)15-8-9-19-47)58-40(66)34(24-28-13-6-5-7-14-28)59-42(68)35(25-62)60-39(65)30(17-11-21-53-45(48)49)55-37(63)29-16-10-20-52-29/h5-7,13-14,26-27,29-36,52,62H,8-12,15-25,47H2,1-4H3,(H,55,63)(H,56,69)(H,57,64)(H,58,66)(H,59,68)(H,60,65)(H,61,67)(H,70,71)(H4,48,49,53)(H4,50,51,54)/t29-,30-,31-,32-,33-,34-,35-,36-/m0/s1. The Kier molecular flexibility index (Phi) is 27.5. The van der Waals surface area contributed by atoms with E-state index in [0.717, 1.165) is 6.42 Å². The third-order valence-electron chi connectivity index (χ3n) is 11.4. The number of nitrogens with one attached hydrogen (secondary N) is 8. The number of aliphatic hydroxyl groups excluding tert-OH is 1. The van der Waals surface area contributed by atoms with Crippen LogP contribution in [0.4, 0.5) is 0 Å². The molecule has 71 heavy (non-hydrogen) atoms. The largest absolute Gasteiger partial charge is 0.480 e. The summed E-state index contributed by atoms with van der Waals surface area (Å²) in [4.78, 5) is 116. The van der Waals surface area contributed by atoms with Crippen LogP contribution in [0.15, 0.2) is 40.3 Å². The second-order valence-electron chi connectivity index (χ2n) is 18.3. The molecule has 1 heterocycles. The van der Waals surface area contributed by atoms with E-state index in [9.17, 15) is 48.6 Å². The van der Waals surface area contributed by atoms with Crippen molar-refractivity contribution < 1.29 is 48.6 Å². The predicted octanol–water partition coefficient (Wildman–Crippen LogP) is -3.61. The van der Waals surface area contributed by atoms with Crippen molar-refractivity contribution in [2.45, 2.75) is 147 Å². The van der Waals surface area contributed by atoms with Gasteiger partial charge in [-0.25, -0.2) is 4.79 Å². The number of carboxylic acids is 1. The summed E-state index contributed by atoms with van der Waals surface area (Å²) < 4.78 is 0. The molecule has 20 N–H and O–H groups in total. The van der Waals surface area contributed by atoms with Crippen molar-refractivity contribution >= 4 is 59.2 Å². The Hall–Kier alpha value is -6.60. The molecule has 0 aromatic heterocycles. The van der Waals surface area contributed by atoms with Crippen molar-refractivity contribution in [3.8, 4) is 0 Å². The summed E-state index contributed by atoms with van der Waals surface area (Å²) in [6.07, 6.45) is 2.96. The lowest BCUT2D eigenvalue weighted by molar-refractivity contribution is -0.142. The second kappa shape index (κ2) is 32.3. The zero-order chi connectivity index (χ0) is 53.0. The Morgan fingerprint density at radius 2 is 1.13 bits per heavy atom. The van der Waals surface area contributed by atoms with Crippen LogP contribution in [0.5, 0.6) is 0 Å². The minimum Gasteiger partial charge on any atom is -0.480 e. The average molecular weight is 1000 g/mol. The molecule has 1 aromatic carbocycles. The average Bonchev–Trinajstić information content (AvgIpc) is 3.86. The minimum atomic E-state index is -1.58. The van der Waals surface area contributed by atoms with Crippen LogP contribution in [-0.4, -0.2) is 151 Å². The zero-order valence-electron chi connectivity index (χ0n) is 41.4. The normalized spacial score (nSPS) is 16.1. The number of benzene rings is 1. The molecule has 1 aliphatic rings. The molecule has 2 rings (SSSR count). The molecule has 1 aromatic rings. The van der Waals surface area contributed by atoms with Crippen molar-refractivity contribution in [3.63, 3.8) is 0 Å². The summed E-state index contributed by atoms with van der Waals surface area (Å²) in [5.74, 6) is -7.60. The maximum absolute atomic E-state index is 14.3. The first-order valence-electron chi connectivity index (χ1n) is 24.2. The van der Waals surface area contributed by atoms with Gasteiger partial charge < -0.3 is 81.4 Å². The van der Waals surface area contributed by atoms with E-state index in [1.165, 1.54) is 0 Å². The molecule has 0 unspecified atom stereocenters. The molecule has 25 nitrogen and oxygen atoms in total. The number of rotatable bonds is 33. The van der Waals surface area contributed by atoms with E-state index in [4.69, 9.17) is 28.7 Å². The van der Waals surface area contributed by atoms with Gasteiger partial charge in [0, 0.05) is 19.5 Å². The number of unbranched alkanes of at least 4 members (excludes halogenated alkanes) is 1. The Bertz CT molecular complexity index is 1940. The first-order chi connectivity index (χ1) is 33.7. The quantitative estimate of drug-likeness (QED) is 0.0184. The molecule has 0 spiro atoms. The summed E-state index contributed by atoms with van der Waals surface area (Å²) in [5.41, 5.74) is 28.0. The van der Waals surface area contributed by atoms with Crippen LogP contribution < -0.4 is 71.2 Å². The maximum Gasteiger partial charge on any atom is 0.326 e. The number of hydrogen-bond acceptors (Lipinski definition) is 13. The molecule has 1 fully saturated rings. The number of hydrogen-bond donors (Lipinski definition) is 15. The van der Waals surface area contributed by atoms with E-state index in [-0.39, 0.29) is 75.9 Å². The lowest BCUT2D eigenvalue weighted by Crippen LogP contribution is -2.61. The fraction of sp³-hybridized carbons (Fsp3) is 0.652. The van der Waals surface area contributed by atoms with Crippen molar-refractivity contribution in [1.29, 1.82) is 0 Å². The number of nitrogens with two attached hydrogens (primary N) is 5. The smallest absolute Gasteiger partial charge is 0.326 e. The van der Waals surface area contributed by atoms with Crippen LogP contribution in [-0.2, 0) is 44.8 Å². The number of nitrogens with zero attached hydrogens (tertiary/aromatic N) is 2. The topological polar surface area (TPSA) is 428 Å². The van der Waals surface area contributed by atoms with Gasteiger partial charge in [0.15, 0.2) is 11.9 Å². The van der Waals surface area contributed by atoms with E-state index in [2.05, 4.69) is 52.5 Å². The highest BCUT2D eigenvalue weighted by atomic mass is 16.4. The minimum absolute atomic E-state index is 0.000393. The van der Waals surface area contributed by atoms with Gasteiger partial charge in [0.25, 0.3) is 0 Å². The Balaban J connectivity index is 2.36. The number of amides is 7.